The maximum absolute atomic E-state index is 3.97. The van der Waals surface area contributed by atoms with Crippen LogP contribution in [0.5, 0.6) is 0 Å². The lowest BCUT2D eigenvalue weighted by molar-refractivity contribution is 0.190. The highest BCUT2D eigenvalue weighted by molar-refractivity contribution is 5.31. The zero-order valence-electron chi connectivity index (χ0n) is 12.7. The summed E-state index contributed by atoms with van der Waals surface area (Å²) in [7, 11) is 2.18. The molecule has 0 bridgehead atoms. The van der Waals surface area contributed by atoms with E-state index in [1.54, 1.807) is 0 Å². The molecule has 0 radical (unpaired) electrons. The van der Waals surface area contributed by atoms with Gasteiger partial charge in [-0.25, -0.2) is 0 Å². The molecule has 0 saturated carbocycles. The van der Waals surface area contributed by atoms with Gasteiger partial charge in [-0.05, 0) is 44.5 Å². The first-order valence-electron chi connectivity index (χ1n) is 6.90. The second-order valence-electron chi connectivity index (χ2n) is 5.58. The molecule has 1 saturated heterocycles. The van der Waals surface area contributed by atoms with Gasteiger partial charge in [0.25, 0.3) is 0 Å². The molecular weight excluding hydrogens is 220 g/mol. The summed E-state index contributed by atoms with van der Waals surface area (Å²) >= 11 is 0. The fraction of sp³-hybridized carbons (Fsp3) is 0.625. The number of rotatable bonds is 4. The summed E-state index contributed by atoms with van der Waals surface area (Å²) in [5, 5.41) is 0. The number of nitrogens with zero attached hydrogens (tertiary/aromatic N) is 2. The van der Waals surface area contributed by atoms with E-state index >= 15 is 0 Å². The maximum atomic E-state index is 3.97. The van der Waals surface area contributed by atoms with E-state index in [-0.39, 0.29) is 0 Å². The Kier molecular flexibility index (Phi) is 5.67. The summed E-state index contributed by atoms with van der Waals surface area (Å²) in [5.41, 5.74) is 4.10. The van der Waals surface area contributed by atoms with Gasteiger partial charge in [0.05, 0.1) is 0 Å². The number of hydrogen-bond donors (Lipinski definition) is 0. The predicted molar refractivity (Wildman–Crippen MR) is 80.6 cm³/mol. The molecule has 102 valence electrons. The minimum atomic E-state index is 0.611. The second kappa shape index (κ2) is 6.79. The third-order valence-electron chi connectivity index (χ3n) is 3.93. The standard InChI is InChI=1S/C16H28N2/c1-7-16(12-14(4)15(5)13(2)3)18-10-8-17(6)9-11-18/h7,12-13H,1,8-11H2,2-6H3/b15-14+,16-12+. The molecule has 0 aromatic rings. The van der Waals surface area contributed by atoms with Gasteiger partial charge in [0, 0.05) is 31.9 Å². The number of piperazine rings is 1. The lowest BCUT2D eigenvalue weighted by Crippen LogP contribution is -2.43. The van der Waals surface area contributed by atoms with Crippen LogP contribution in [0.1, 0.15) is 27.7 Å². The summed E-state index contributed by atoms with van der Waals surface area (Å²) < 4.78 is 0. The zero-order valence-corrected chi connectivity index (χ0v) is 12.7. The van der Waals surface area contributed by atoms with Crippen LogP contribution < -0.4 is 0 Å². The van der Waals surface area contributed by atoms with Crippen molar-refractivity contribution < 1.29 is 0 Å². The van der Waals surface area contributed by atoms with Crippen LogP contribution in [0.3, 0.4) is 0 Å². The van der Waals surface area contributed by atoms with Crippen molar-refractivity contribution in [1.29, 1.82) is 0 Å². The number of allylic oxidation sites excluding steroid dienone is 4. The highest BCUT2D eigenvalue weighted by Crippen LogP contribution is 2.18. The first-order chi connectivity index (χ1) is 8.45. The molecular formula is C16H28N2. The summed E-state index contributed by atoms with van der Waals surface area (Å²) in [4.78, 5) is 4.81. The lowest BCUT2D eigenvalue weighted by Gasteiger charge is -2.34. The molecule has 0 aromatic carbocycles. The van der Waals surface area contributed by atoms with Crippen molar-refractivity contribution in [2.24, 2.45) is 5.92 Å². The molecule has 0 aromatic heterocycles. The van der Waals surface area contributed by atoms with Crippen LogP contribution in [0.15, 0.2) is 35.6 Å². The van der Waals surface area contributed by atoms with Crippen molar-refractivity contribution in [3.63, 3.8) is 0 Å². The molecule has 0 spiro atoms. The van der Waals surface area contributed by atoms with Crippen molar-refractivity contribution in [2.45, 2.75) is 27.7 Å². The average molecular weight is 248 g/mol. The minimum Gasteiger partial charge on any atom is -0.369 e. The second-order valence-corrected chi connectivity index (χ2v) is 5.58. The van der Waals surface area contributed by atoms with E-state index in [0.29, 0.717) is 5.92 Å². The average Bonchev–Trinajstić information content (AvgIpc) is 2.35. The zero-order chi connectivity index (χ0) is 13.7. The fourth-order valence-electron chi connectivity index (χ4n) is 2.13. The van der Waals surface area contributed by atoms with Gasteiger partial charge in [0.2, 0.25) is 0 Å². The smallest absolute Gasteiger partial charge is 0.0363 e. The Morgan fingerprint density at radius 3 is 2.11 bits per heavy atom. The highest BCUT2D eigenvalue weighted by atomic mass is 15.2. The van der Waals surface area contributed by atoms with E-state index in [2.05, 4.69) is 57.2 Å². The predicted octanol–water partition coefficient (Wildman–Crippen LogP) is 3.30. The number of hydrogen-bond acceptors (Lipinski definition) is 2. The van der Waals surface area contributed by atoms with Gasteiger partial charge in [-0.3, -0.25) is 0 Å². The SMILES string of the molecule is C=C/C(=C\C(C)=C(/C)C(C)C)N1CCN(C)CC1. The van der Waals surface area contributed by atoms with E-state index in [4.69, 9.17) is 0 Å². The summed E-state index contributed by atoms with van der Waals surface area (Å²) in [6, 6.07) is 0. The molecule has 18 heavy (non-hydrogen) atoms. The Morgan fingerprint density at radius 1 is 1.11 bits per heavy atom. The van der Waals surface area contributed by atoms with Crippen molar-refractivity contribution in [3.05, 3.63) is 35.6 Å². The van der Waals surface area contributed by atoms with Crippen LogP contribution in [0.2, 0.25) is 0 Å². The Hall–Kier alpha value is -1.02. The Bertz CT molecular complexity index is 342. The summed E-state index contributed by atoms with van der Waals surface area (Å²) in [6.45, 7) is 17.4. The molecule has 1 rings (SSSR count). The van der Waals surface area contributed by atoms with Crippen molar-refractivity contribution in [1.82, 2.24) is 9.80 Å². The van der Waals surface area contributed by atoms with E-state index in [1.807, 2.05) is 6.08 Å². The van der Waals surface area contributed by atoms with E-state index < -0.39 is 0 Å². The Labute approximate surface area is 113 Å². The third kappa shape index (κ3) is 4.02. The van der Waals surface area contributed by atoms with Gasteiger partial charge in [-0.2, -0.15) is 0 Å². The van der Waals surface area contributed by atoms with E-state index in [9.17, 15) is 0 Å². The van der Waals surface area contributed by atoms with Crippen molar-refractivity contribution >= 4 is 0 Å². The topological polar surface area (TPSA) is 6.48 Å². The van der Waals surface area contributed by atoms with Gasteiger partial charge in [-0.15, -0.1) is 0 Å². The first-order valence-corrected chi connectivity index (χ1v) is 6.90. The van der Waals surface area contributed by atoms with Crippen LogP contribution in [-0.2, 0) is 0 Å². The first kappa shape index (κ1) is 15.0. The van der Waals surface area contributed by atoms with Crippen LogP contribution in [0.25, 0.3) is 0 Å². The Morgan fingerprint density at radius 2 is 1.67 bits per heavy atom. The molecule has 1 aliphatic rings. The van der Waals surface area contributed by atoms with Crippen LogP contribution in [0, 0.1) is 5.92 Å². The van der Waals surface area contributed by atoms with Gasteiger partial charge in [-0.1, -0.05) is 26.0 Å². The lowest BCUT2D eigenvalue weighted by atomic mass is 9.99. The summed E-state index contributed by atoms with van der Waals surface area (Å²) in [6.07, 6.45) is 4.27. The normalized spacial score (nSPS) is 20.1. The maximum Gasteiger partial charge on any atom is 0.0363 e. The summed E-state index contributed by atoms with van der Waals surface area (Å²) in [5.74, 6) is 0.611. The Balaban J connectivity index is 2.83. The largest absolute Gasteiger partial charge is 0.369 e. The van der Waals surface area contributed by atoms with Crippen LogP contribution in [0.4, 0.5) is 0 Å². The number of likely N-dealkylation sites (N-methyl/N-ethyl adjacent to an activating group) is 1. The van der Waals surface area contributed by atoms with E-state index in [1.165, 1.54) is 16.8 Å². The van der Waals surface area contributed by atoms with Crippen LogP contribution >= 0.6 is 0 Å². The van der Waals surface area contributed by atoms with Crippen molar-refractivity contribution in [2.75, 3.05) is 33.2 Å². The molecule has 0 N–H and O–H groups in total. The molecule has 0 amide bonds. The quantitative estimate of drug-likeness (QED) is 0.704. The molecule has 1 fully saturated rings. The van der Waals surface area contributed by atoms with Gasteiger partial charge in [0.1, 0.15) is 0 Å². The monoisotopic (exact) mass is 248 g/mol. The van der Waals surface area contributed by atoms with E-state index in [0.717, 1.165) is 26.2 Å². The molecule has 1 heterocycles. The van der Waals surface area contributed by atoms with Crippen LogP contribution in [-0.4, -0.2) is 43.0 Å². The minimum absolute atomic E-state index is 0.611. The molecule has 0 unspecified atom stereocenters. The third-order valence-corrected chi connectivity index (χ3v) is 3.93. The fourth-order valence-corrected chi connectivity index (χ4v) is 2.13. The van der Waals surface area contributed by atoms with Gasteiger partial charge in [0.15, 0.2) is 0 Å². The molecule has 0 atom stereocenters. The van der Waals surface area contributed by atoms with Gasteiger partial charge < -0.3 is 9.80 Å². The molecule has 1 aliphatic heterocycles. The highest BCUT2D eigenvalue weighted by Gasteiger charge is 2.14. The molecule has 2 heteroatoms. The molecule has 0 aliphatic carbocycles. The molecule has 2 nitrogen and oxygen atoms in total. The van der Waals surface area contributed by atoms with Gasteiger partial charge >= 0.3 is 0 Å². The van der Waals surface area contributed by atoms with Crippen molar-refractivity contribution in [3.8, 4) is 0 Å².